The topological polar surface area (TPSA) is 83.5 Å². The first kappa shape index (κ1) is 13.8. The minimum atomic E-state index is -3.45. The lowest BCUT2D eigenvalue weighted by Gasteiger charge is -2.24. The van der Waals surface area contributed by atoms with Crippen LogP contribution in [0.15, 0.2) is 0 Å². The monoisotopic (exact) mass is 308 g/mol. The molecule has 0 aliphatic carbocycles. The molecule has 6 nitrogen and oxygen atoms in total. The summed E-state index contributed by atoms with van der Waals surface area (Å²) in [6.45, 7) is 2.01. The first-order chi connectivity index (χ1) is 8.88. The average Bonchev–Trinajstić information content (AvgIpc) is 2.92. The third kappa shape index (κ3) is 2.55. The zero-order valence-corrected chi connectivity index (χ0v) is 12.4. The van der Waals surface area contributed by atoms with Crippen LogP contribution in [0.25, 0.3) is 0 Å². The molecule has 8 heteroatoms. The average molecular weight is 308 g/mol. The molecule has 3 heterocycles. The Morgan fingerprint density at radius 2 is 1.95 bits per heavy atom. The highest BCUT2D eigenvalue weighted by Crippen LogP contribution is 2.30. The van der Waals surface area contributed by atoms with Crippen LogP contribution in [0, 0.1) is 5.92 Å². The fraction of sp³-hybridized carbons (Fsp3) is 1.00. The molecule has 0 amide bonds. The number of rotatable bonds is 2. The second kappa shape index (κ2) is 4.68. The second-order valence-electron chi connectivity index (χ2n) is 5.85. The van der Waals surface area contributed by atoms with E-state index in [0.29, 0.717) is 19.0 Å². The molecule has 110 valence electrons. The van der Waals surface area contributed by atoms with Crippen LogP contribution in [0.1, 0.15) is 19.3 Å². The van der Waals surface area contributed by atoms with Crippen LogP contribution in [0.2, 0.25) is 0 Å². The highest BCUT2D eigenvalue weighted by molar-refractivity contribution is 7.95. The standard InChI is InChI=1S/C11H20N2O4S2/c14-18(15)5-3-10(8-18)19(16,17)13-6-9-2-1-4-12-11(9)7-13/h9-12H,1-8H2. The van der Waals surface area contributed by atoms with E-state index >= 15 is 0 Å². The van der Waals surface area contributed by atoms with Crippen molar-refractivity contribution in [2.75, 3.05) is 31.1 Å². The Bertz CT molecular complexity index is 543. The van der Waals surface area contributed by atoms with Gasteiger partial charge in [0, 0.05) is 19.1 Å². The third-order valence-corrected chi connectivity index (χ3v) is 8.78. The maximum absolute atomic E-state index is 12.5. The van der Waals surface area contributed by atoms with Gasteiger partial charge in [0.05, 0.1) is 16.8 Å². The van der Waals surface area contributed by atoms with Gasteiger partial charge in [-0.25, -0.2) is 16.8 Å². The van der Waals surface area contributed by atoms with Gasteiger partial charge < -0.3 is 5.32 Å². The lowest BCUT2D eigenvalue weighted by Crippen LogP contribution is -2.42. The number of fused-ring (bicyclic) bond motifs is 1. The fourth-order valence-electron chi connectivity index (χ4n) is 3.42. The van der Waals surface area contributed by atoms with Crippen LogP contribution in [0.3, 0.4) is 0 Å². The van der Waals surface area contributed by atoms with E-state index in [1.54, 1.807) is 0 Å². The summed E-state index contributed by atoms with van der Waals surface area (Å²) in [5.74, 6) is 0.200. The molecule has 0 bridgehead atoms. The fourth-order valence-corrected chi connectivity index (χ4v) is 8.03. The van der Waals surface area contributed by atoms with E-state index in [1.807, 2.05) is 0 Å². The molecule has 0 saturated carbocycles. The van der Waals surface area contributed by atoms with Crippen LogP contribution in [-0.4, -0.2) is 63.6 Å². The summed E-state index contributed by atoms with van der Waals surface area (Å²) in [5.41, 5.74) is 0. The first-order valence-corrected chi connectivity index (χ1v) is 10.1. The highest BCUT2D eigenvalue weighted by Gasteiger charge is 2.45. The predicted octanol–water partition coefficient (Wildman–Crippen LogP) is -0.813. The molecule has 3 fully saturated rings. The van der Waals surface area contributed by atoms with Crippen molar-refractivity contribution in [3.63, 3.8) is 0 Å². The van der Waals surface area contributed by atoms with Crippen molar-refractivity contribution < 1.29 is 16.8 Å². The molecule has 3 rings (SSSR count). The molecular weight excluding hydrogens is 288 g/mol. The van der Waals surface area contributed by atoms with E-state index in [0.717, 1.165) is 19.4 Å². The predicted molar refractivity (Wildman–Crippen MR) is 72.1 cm³/mol. The molecule has 1 N–H and O–H groups in total. The second-order valence-corrected chi connectivity index (χ2v) is 10.3. The Kier molecular flexibility index (Phi) is 3.40. The van der Waals surface area contributed by atoms with Crippen molar-refractivity contribution in [2.45, 2.75) is 30.6 Å². The van der Waals surface area contributed by atoms with E-state index in [9.17, 15) is 16.8 Å². The van der Waals surface area contributed by atoms with E-state index in [-0.39, 0.29) is 24.0 Å². The SMILES string of the molecule is O=S1(=O)CCC(S(=O)(=O)N2CC3CCCNC3C2)C1. The van der Waals surface area contributed by atoms with Crippen molar-refractivity contribution in [3.05, 3.63) is 0 Å². The minimum absolute atomic E-state index is 0.00977. The number of hydrogen-bond donors (Lipinski definition) is 1. The summed E-state index contributed by atoms with van der Waals surface area (Å²) in [7, 11) is -6.61. The maximum atomic E-state index is 12.5. The van der Waals surface area contributed by atoms with Crippen molar-refractivity contribution in [1.82, 2.24) is 9.62 Å². The molecule has 3 aliphatic heterocycles. The van der Waals surface area contributed by atoms with Gasteiger partial charge in [0.2, 0.25) is 10.0 Å². The number of piperidine rings is 1. The molecule has 19 heavy (non-hydrogen) atoms. The molecule has 3 unspecified atom stereocenters. The first-order valence-electron chi connectivity index (χ1n) is 6.81. The third-order valence-electron chi connectivity index (χ3n) is 4.54. The van der Waals surface area contributed by atoms with Crippen LogP contribution >= 0.6 is 0 Å². The van der Waals surface area contributed by atoms with Crippen molar-refractivity contribution >= 4 is 19.9 Å². The van der Waals surface area contributed by atoms with Gasteiger partial charge in [0.1, 0.15) is 0 Å². The molecule has 0 aromatic carbocycles. The number of nitrogens with zero attached hydrogens (tertiary/aromatic N) is 1. The molecule has 3 aliphatic rings. The molecule has 0 radical (unpaired) electrons. The molecule has 3 saturated heterocycles. The van der Waals surface area contributed by atoms with Gasteiger partial charge in [0.15, 0.2) is 9.84 Å². The van der Waals surface area contributed by atoms with Crippen LogP contribution < -0.4 is 5.32 Å². The van der Waals surface area contributed by atoms with Crippen LogP contribution in [-0.2, 0) is 19.9 Å². The van der Waals surface area contributed by atoms with Crippen molar-refractivity contribution in [3.8, 4) is 0 Å². The highest BCUT2D eigenvalue weighted by atomic mass is 32.2. The Morgan fingerprint density at radius 3 is 2.58 bits per heavy atom. The largest absolute Gasteiger partial charge is 0.312 e. The lowest BCUT2D eigenvalue weighted by molar-refractivity contribution is 0.339. The quantitative estimate of drug-likeness (QED) is 0.721. The number of nitrogens with one attached hydrogen (secondary N) is 1. The zero-order valence-electron chi connectivity index (χ0n) is 10.8. The number of hydrogen-bond acceptors (Lipinski definition) is 5. The van der Waals surface area contributed by atoms with E-state index < -0.39 is 25.1 Å². The van der Waals surface area contributed by atoms with E-state index in [2.05, 4.69) is 5.32 Å². The van der Waals surface area contributed by atoms with Crippen molar-refractivity contribution in [1.29, 1.82) is 0 Å². The molecule has 0 aromatic rings. The summed E-state index contributed by atoms with van der Waals surface area (Å²) in [6, 6.07) is 0.251. The summed E-state index contributed by atoms with van der Waals surface area (Å²) in [4.78, 5) is 0. The molecular formula is C11H20N2O4S2. The normalized spacial score (nSPS) is 39.3. The zero-order chi connectivity index (χ0) is 13.7. The van der Waals surface area contributed by atoms with Gasteiger partial charge in [-0.2, -0.15) is 4.31 Å². The Balaban J connectivity index is 1.75. The Morgan fingerprint density at radius 1 is 1.16 bits per heavy atom. The van der Waals surface area contributed by atoms with E-state index in [1.165, 1.54) is 4.31 Å². The van der Waals surface area contributed by atoms with Gasteiger partial charge in [-0.3, -0.25) is 0 Å². The summed E-state index contributed by atoms with van der Waals surface area (Å²) in [6.07, 6.45) is 2.41. The number of sulfonamides is 1. The van der Waals surface area contributed by atoms with Crippen molar-refractivity contribution in [2.24, 2.45) is 5.92 Å². The van der Waals surface area contributed by atoms with Crippen LogP contribution in [0.5, 0.6) is 0 Å². The minimum Gasteiger partial charge on any atom is -0.312 e. The van der Waals surface area contributed by atoms with Gasteiger partial charge in [-0.15, -0.1) is 0 Å². The van der Waals surface area contributed by atoms with Crippen LogP contribution in [0.4, 0.5) is 0 Å². The Hall–Kier alpha value is -0.180. The molecule has 3 atom stereocenters. The van der Waals surface area contributed by atoms with Gasteiger partial charge in [0.25, 0.3) is 0 Å². The summed E-state index contributed by atoms with van der Waals surface area (Å²) >= 11 is 0. The molecule has 0 spiro atoms. The lowest BCUT2D eigenvalue weighted by atomic mass is 9.94. The van der Waals surface area contributed by atoms with Gasteiger partial charge in [-0.05, 0) is 31.7 Å². The maximum Gasteiger partial charge on any atom is 0.218 e. The number of sulfone groups is 1. The smallest absolute Gasteiger partial charge is 0.218 e. The Labute approximate surface area is 114 Å². The molecule has 0 aromatic heterocycles. The van der Waals surface area contributed by atoms with Gasteiger partial charge in [-0.1, -0.05) is 0 Å². The van der Waals surface area contributed by atoms with E-state index in [4.69, 9.17) is 0 Å². The summed E-state index contributed by atoms with van der Waals surface area (Å²) < 4.78 is 49.4. The summed E-state index contributed by atoms with van der Waals surface area (Å²) in [5, 5.41) is 2.64. The van der Waals surface area contributed by atoms with Gasteiger partial charge >= 0.3 is 0 Å².